The van der Waals surface area contributed by atoms with E-state index in [9.17, 15) is 19.2 Å². The molecule has 16 nitrogen and oxygen atoms in total. The van der Waals surface area contributed by atoms with Gasteiger partial charge in [0.15, 0.2) is 0 Å². The van der Waals surface area contributed by atoms with Crippen LogP contribution in [0.4, 0.5) is 24.1 Å². The van der Waals surface area contributed by atoms with Crippen molar-refractivity contribution < 1.29 is 37.4 Å². The number of aromatic amines is 2. The molecule has 4 saturated heterocycles. The maximum atomic E-state index is 16.0. The van der Waals surface area contributed by atoms with Crippen molar-refractivity contribution in [3.8, 4) is 11.3 Å². The largest absolute Gasteiger partial charge is 0.453 e. The van der Waals surface area contributed by atoms with Crippen LogP contribution in [-0.4, -0.2) is 118 Å². The maximum absolute atomic E-state index is 16.0. The lowest BCUT2D eigenvalue weighted by Gasteiger charge is -2.33. The topological polar surface area (TPSA) is 181 Å². The second-order valence-electron chi connectivity index (χ2n) is 17.2. The molecule has 3 aromatic carbocycles. The molecule has 346 valence electrons. The molecule has 0 unspecified atom stereocenters. The van der Waals surface area contributed by atoms with Gasteiger partial charge in [0.1, 0.15) is 41.1 Å². The molecule has 4 N–H and O–H groups in total. The molecule has 18 heteroatoms. The number of anilines is 1. The van der Waals surface area contributed by atoms with E-state index in [2.05, 4.69) is 25.6 Å². The number of urea groups is 1. The molecule has 66 heavy (non-hydrogen) atoms. The zero-order valence-electron chi connectivity index (χ0n) is 36.8. The molecule has 0 bridgehead atoms. The summed E-state index contributed by atoms with van der Waals surface area (Å²) in [6.07, 6.45) is 6.66. The summed E-state index contributed by atoms with van der Waals surface area (Å²) in [4.78, 5) is 76.7. The second kappa shape index (κ2) is 19.7. The summed E-state index contributed by atoms with van der Waals surface area (Å²) >= 11 is 0. The van der Waals surface area contributed by atoms with Gasteiger partial charge in [0, 0.05) is 62.6 Å². The molecule has 0 saturated carbocycles. The van der Waals surface area contributed by atoms with E-state index in [4.69, 9.17) is 14.5 Å². The third kappa shape index (κ3) is 9.32. The number of nitrogens with zero attached hydrogens (tertiary/aromatic N) is 6. The van der Waals surface area contributed by atoms with E-state index in [1.165, 1.54) is 25.4 Å². The van der Waals surface area contributed by atoms with Gasteiger partial charge in [-0.2, -0.15) is 0 Å². The standard InChI is InChI=1S/C48H54F2N10O6/c1-65-48(64)56-41(32-12-6-3-7-13-32)46(62)60-19-9-15-39(60)44-52-29-37(54-44)33-26-34(49)42(35(50)27-33)57-20-16-30(17-21-57)36-28-51-43(53-36)38-14-8-18-59(38)45(61)40(31-10-4-2-5-11-31)55-47(63)58-22-24-66-25-23-58/h2-7,10-13,26-30,38-41H,8-9,14-25H2,1H3,(H,51,53)(H,52,54)(H,55,63)(H,56,64)/t38-,39-,40+,41+/m0/s1. The quantitative estimate of drug-likeness (QED) is 0.113. The first kappa shape index (κ1) is 44.4. The number of hydrogen-bond acceptors (Lipinski definition) is 9. The lowest BCUT2D eigenvalue weighted by atomic mass is 9.93. The fraction of sp³-hybridized carbons (Fsp3) is 0.417. The van der Waals surface area contributed by atoms with E-state index in [-0.39, 0.29) is 41.1 Å². The molecule has 4 atom stereocenters. The Hall–Kier alpha value is -6.82. The van der Waals surface area contributed by atoms with E-state index < -0.39 is 35.9 Å². The summed E-state index contributed by atoms with van der Waals surface area (Å²) in [6, 6.07) is 17.9. The summed E-state index contributed by atoms with van der Waals surface area (Å²) in [5.41, 5.74) is 2.82. The number of nitrogens with one attached hydrogen (secondary N) is 4. The van der Waals surface area contributed by atoms with Crippen molar-refractivity contribution >= 4 is 29.6 Å². The van der Waals surface area contributed by atoms with Gasteiger partial charge in [-0.3, -0.25) is 9.59 Å². The van der Waals surface area contributed by atoms with Gasteiger partial charge in [-0.05, 0) is 61.8 Å². The molecule has 5 aromatic rings. The first-order valence-corrected chi connectivity index (χ1v) is 22.7. The van der Waals surface area contributed by atoms with E-state index in [1.807, 2.05) is 42.6 Å². The third-order valence-corrected chi connectivity index (χ3v) is 13.3. The SMILES string of the molecule is COC(=O)N[C@@H](C(=O)N1CCC[C@H]1c1ncc(-c2cc(F)c(N3CCC(c4cnc([C@@H]5CCCN5C(=O)[C@H](NC(=O)N5CCOCC5)c5ccccc5)[nH]4)CC3)c(F)c2)[nH]1)c1ccccc1. The Morgan fingerprint density at radius 2 is 1.26 bits per heavy atom. The highest BCUT2D eigenvalue weighted by Crippen LogP contribution is 2.39. The van der Waals surface area contributed by atoms with E-state index >= 15 is 8.78 Å². The van der Waals surface area contributed by atoms with Crippen LogP contribution in [0.25, 0.3) is 11.3 Å². The zero-order chi connectivity index (χ0) is 45.7. The predicted octanol–water partition coefficient (Wildman–Crippen LogP) is 6.67. The van der Waals surface area contributed by atoms with Crippen molar-refractivity contribution in [2.45, 2.75) is 68.6 Å². The van der Waals surface area contributed by atoms with E-state index in [0.29, 0.717) is 113 Å². The Bertz CT molecular complexity index is 2490. The minimum Gasteiger partial charge on any atom is -0.453 e. The lowest BCUT2D eigenvalue weighted by Crippen LogP contribution is -2.50. The molecule has 9 rings (SSSR count). The van der Waals surface area contributed by atoms with Gasteiger partial charge in [0.05, 0.1) is 44.3 Å². The van der Waals surface area contributed by atoms with Crippen LogP contribution in [0, 0.1) is 11.6 Å². The fourth-order valence-electron chi connectivity index (χ4n) is 9.80. The Morgan fingerprint density at radius 1 is 0.712 bits per heavy atom. The highest BCUT2D eigenvalue weighted by molar-refractivity contribution is 5.89. The summed E-state index contributed by atoms with van der Waals surface area (Å²) in [5.74, 6) is -0.686. The predicted molar refractivity (Wildman–Crippen MR) is 239 cm³/mol. The number of aromatic nitrogens is 4. The maximum Gasteiger partial charge on any atom is 0.407 e. The van der Waals surface area contributed by atoms with E-state index in [1.54, 1.807) is 43.9 Å². The van der Waals surface area contributed by atoms with E-state index in [0.717, 1.165) is 12.1 Å². The summed E-state index contributed by atoms with van der Waals surface area (Å²) < 4.78 is 42.2. The van der Waals surface area contributed by atoms with Crippen molar-refractivity contribution in [3.05, 3.63) is 125 Å². The Morgan fingerprint density at radius 3 is 1.83 bits per heavy atom. The molecule has 0 radical (unpaired) electrons. The summed E-state index contributed by atoms with van der Waals surface area (Å²) in [7, 11) is 1.24. The number of ether oxygens (including phenoxy) is 2. The highest BCUT2D eigenvalue weighted by Gasteiger charge is 2.39. The number of rotatable bonds is 11. The third-order valence-electron chi connectivity index (χ3n) is 13.3. The number of alkyl carbamates (subject to hydrolysis) is 1. The summed E-state index contributed by atoms with van der Waals surface area (Å²) in [5, 5.41) is 5.65. The number of morpholine rings is 1. The lowest BCUT2D eigenvalue weighted by molar-refractivity contribution is -0.135. The molecular formula is C48H54F2N10O6. The van der Waals surface area contributed by atoms with Gasteiger partial charge in [-0.1, -0.05) is 60.7 Å². The van der Waals surface area contributed by atoms with Crippen molar-refractivity contribution in [3.63, 3.8) is 0 Å². The number of H-pyrrole nitrogens is 2. The van der Waals surface area contributed by atoms with Crippen LogP contribution in [0.1, 0.15) is 97.1 Å². The molecule has 0 spiro atoms. The molecule has 0 aliphatic carbocycles. The zero-order valence-corrected chi connectivity index (χ0v) is 36.8. The van der Waals surface area contributed by atoms with Crippen LogP contribution in [0.5, 0.6) is 0 Å². The van der Waals surface area contributed by atoms with Gasteiger partial charge in [-0.25, -0.2) is 28.3 Å². The molecule has 4 aliphatic rings. The molecule has 2 aromatic heterocycles. The number of hydrogen-bond donors (Lipinski definition) is 4. The highest BCUT2D eigenvalue weighted by atomic mass is 19.1. The number of likely N-dealkylation sites (tertiary alicyclic amines) is 2. The number of halogens is 2. The van der Waals surface area contributed by atoms with Gasteiger partial charge in [-0.15, -0.1) is 0 Å². The number of carbonyl (C=O) groups excluding carboxylic acids is 4. The van der Waals surface area contributed by atoms with Gasteiger partial charge in [0.25, 0.3) is 5.91 Å². The Balaban J connectivity index is 0.838. The number of carbonyl (C=O) groups is 4. The average Bonchev–Trinajstić information content (AvgIpc) is 4.21. The molecule has 5 amide bonds. The smallest absolute Gasteiger partial charge is 0.407 e. The molecule has 4 aliphatic heterocycles. The van der Waals surface area contributed by atoms with Crippen LogP contribution in [0.3, 0.4) is 0 Å². The van der Waals surface area contributed by atoms with Gasteiger partial charge in [0.2, 0.25) is 5.91 Å². The molecule has 6 heterocycles. The van der Waals surface area contributed by atoms with Crippen molar-refractivity contribution in [2.75, 3.05) is 64.5 Å². The van der Waals surface area contributed by atoms with Gasteiger partial charge < -0.3 is 49.7 Å². The number of amides is 5. The van der Waals surface area contributed by atoms with Crippen molar-refractivity contribution in [1.82, 2.24) is 45.3 Å². The molecule has 4 fully saturated rings. The average molecular weight is 905 g/mol. The van der Waals surface area contributed by atoms with Crippen LogP contribution in [0.15, 0.2) is 85.2 Å². The van der Waals surface area contributed by atoms with Crippen LogP contribution >= 0.6 is 0 Å². The van der Waals surface area contributed by atoms with Crippen LogP contribution in [0.2, 0.25) is 0 Å². The minimum atomic E-state index is -0.978. The first-order chi connectivity index (χ1) is 32.2. The number of imidazole rings is 2. The number of piperidine rings is 1. The van der Waals surface area contributed by atoms with Crippen molar-refractivity contribution in [1.29, 1.82) is 0 Å². The number of benzene rings is 3. The Labute approximate surface area is 381 Å². The normalized spacial score (nSPS) is 20.0. The van der Waals surface area contributed by atoms with Crippen LogP contribution in [-0.2, 0) is 19.1 Å². The molecular weight excluding hydrogens is 851 g/mol. The summed E-state index contributed by atoms with van der Waals surface area (Å²) in [6.45, 7) is 3.60. The van der Waals surface area contributed by atoms with Crippen molar-refractivity contribution in [2.24, 2.45) is 0 Å². The minimum absolute atomic E-state index is 0.0630. The Kier molecular flexibility index (Phi) is 13.3. The fourth-order valence-corrected chi connectivity index (χ4v) is 9.80. The second-order valence-corrected chi connectivity index (χ2v) is 17.2. The monoisotopic (exact) mass is 904 g/mol. The van der Waals surface area contributed by atoms with Gasteiger partial charge >= 0.3 is 12.1 Å². The number of methoxy groups -OCH3 is 1. The first-order valence-electron chi connectivity index (χ1n) is 22.7. The van der Waals surface area contributed by atoms with Crippen LogP contribution < -0.4 is 15.5 Å².